The van der Waals surface area contributed by atoms with E-state index in [1.807, 2.05) is 30.3 Å². The Morgan fingerprint density at radius 1 is 0.696 bits per heavy atom. The van der Waals surface area contributed by atoms with Crippen molar-refractivity contribution in [3.8, 4) is 11.1 Å². The van der Waals surface area contributed by atoms with E-state index in [0.717, 1.165) is 22.8 Å². The second-order valence-corrected chi connectivity index (χ2v) is 5.97. The smallest absolute Gasteiger partial charge is 0.150 e. The average molecular weight is 317 g/mol. The van der Waals surface area contributed by atoms with Gasteiger partial charge in [0.15, 0.2) is 6.29 Å². The molecule has 2 heteroatoms. The fourth-order valence-corrected chi connectivity index (χ4v) is 3.31. The number of halogens is 1. The molecule has 0 saturated carbocycles. The summed E-state index contributed by atoms with van der Waals surface area (Å²) in [6, 6.07) is 24.1. The van der Waals surface area contributed by atoms with E-state index in [-0.39, 0.29) is 0 Å². The molecular weight excluding hydrogens is 304 g/mol. The molecule has 4 aromatic carbocycles. The number of hydrogen-bond donors (Lipinski definition) is 0. The van der Waals surface area contributed by atoms with E-state index >= 15 is 0 Å². The molecule has 0 heterocycles. The summed E-state index contributed by atoms with van der Waals surface area (Å²) in [6.45, 7) is 0. The van der Waals surface area contributed by atoms with Gasteiger partial charge >= 0.3 is 0 Å². The number of carbonyl (C=O) groups excluding carboxylic acids is 1. The molecule has 0 aromatic heterocycles. The van der Waals surface area contributed by atoms with Crippen LogP contribution >= 0.6 is 11.6 Å². The number of aldehydes is 1. The van der Waals surface area contributed by atoms with Crippen LogP contribution in [-0.2, 0) is 0 Å². The van der Waals surface area contributed by atoms with Gasteiger partial charge in [0.2, 0.25) is 0 Å². The van der Waals surface area contributed by atoms with Crippen LogP contribution in [-0.4, -0.2) is 6.29 Å². The molecule has 0 saturated heterocycles. The van der Waals surface area contributed by atoms with Gasteiger partial charge < -0.3 is 0 Å². The highest BCUT2D eigenvalue weighted by molar-refractivity contribution is 6.31. The highest BCUT2D eigenvalue weighted by Gasteiger charge is 2.10. The third-order valence-electron chi connectivity index (χ3n) is 4.22. The average Bonchev–Trinajstić information content (AvgIpc) is 2.61. The van der Waals surface area contributed by atoms with Gasteiger partial charge in [-0.05, 0) is 50.9 Å². The fraction of sp³-hybridized carbons (Fsp3) is 0. The Labute approximate surface area is 139 Å². The first-order valence-corrected chi connectivity index (χ1v) is 7.81. The van der Waals surface area contributed by atoms with Gasteiger partial charge in [-0.1, -0.05) is 66.2 Å². The molecule has 4 aromatic rings. The van der Waals surface area contributed by atoms with Crippen molar-refractivity contribution in [1.29, 1.82) is 0 Å². The number of carbonyl (C=O) groups is 1. The van der Waals surface area contributed by atoms with Crippen molar-refractivity contribution < 1.29 is 4.79 Å². The molecule has 0 fully saturated rings. The maximum atomic E-state index is 11.4. The lowest BCUT2D eigenvalue weighted by atomic mass is 9.93. The third-order valence-corrected chi connectivity index (χ3v) is 4.45. The molecule has 0 radical (unpaired) electrons. The molecule has 4 rings (SSSR count). The molecule has 1 nitrogen and oxygen atoms in total. The van der Waals surface area contributed by atoms with E-state index < -0.39 is 0 Å². The molecule has 110 valence electrons. The molecule has 0 aliphatic heterocycles. The highest BCUT2D eigenvalue weighted by Crippen LogP contribution is 2.35. The Hall–Kier alpha value is -2.64. The summed E-state index contributed by atoms with van der Waals surface area (Å²) in [4.78, 5) is 11.4. The van der Waals surface area contributed by atoms with Gasteiger partial charge in [-0.15, -0.1) is 0 Å². The summed E-state index contributed by atoms with van der Waals surface area (Å²) in [7, 11) is 0. The first kappa shape index (κ1) is 14.0. The predicted octanol–water partition coefficient (Wildman–Crippen LogP) is 6.13. The van der Waals surface area contributed by atoms with Crippen LogP contribution in [0.1, 0.15) is 10.4 Å². The van der Waals surface area contributed by atoms with Crippen molar-refractivity contribution in [1.82, 2.24) is 0 Å². The lowest BCUT2D eigenvalue weighted by Crippen LogP contribution is -1.89. The standard InChI is InChI=1S/C21H13ClO/c22-16-10-8-15(13-23)21(12-16)19-7-3-6-18-17-5-2-1-4-14(17)9-11-20(18)19/h1-13H. The summed E-state index contributed by atoms with van der Waals surface area (Å²) in [6.07, 6.45) is 0.880. The summed E-state index contributed by atoms with van der Waals surface area (Å²) < 4.78 is 0. The first-order chi connectivity index (χ1) is 11.3. The van der Waals surface area contributed by atoms with Crippen molar-refractivity contribution in [3.05, 3.63) is 83.4 Å². The largest absolute Gasteiger partial charge is 0.298 e. The molecule has 0 aliphatic carbocycles. The lowest BCUT2D eigenvalue weighted by molar-refractivity contribution is 0.112. The van der Waals surface area contributed by atoms with Gasteiger partial charge in [-0.2, -0.15) is 0 Å². The minimum atomic E-state index is 0.628. The van der Waals surface area contributed by atoms with Crippen molar-refractivity contribution in [2.45, 2.75) is 0 Å². The van der Waals surface area contributed by atoms with E-state index in [2.05, 4.69) is 30.3 Å². The van der Waals surface area contributed by atoms with Crippen molar-refractivity contribution in [2.24, 2.45) is 0 Å². The topological polar surface area (TPSA) is 17.1 Å². The Bertz CT molecular complexity index is 1050. The van der Waals surface area contributed by atoms with Crippen molar-refractivity contribution in [3.63, 3.8) is 0 Å². The van der Waals surface area contributed by atoms with Gasteiger partial charge in [0.1, 0.15) is 0 Å². The Balaban J connectivity index is 2.11. The summed E-state index contributed by atoms with van der Waals surface area (Å²) in [5.74, 6) is 0. The fourth-order valence-electron chi connectivity index (χ4n) is 3.14. The maximum absolute atomic E-state index is 11.4. The van der Waals surface area contributed by atoms with Crippen molar-refractivity contribution in [2.75, 3.05) is 0 Å². The Kier molecular flexibility index (Phi) is 3.36. The monoisotopic (exact) mass is 316 g/mol. The van der Waals surface area contributed by atoms with Crippen LogP contribution in [0.2, 0.25) is 5.02 Å². The quantitative estimate of drug-likeness (QED) is 0.321. The molecular formula is C21H13ClO. The van der Waals surface area contributed by atoms with Crippen LogP contribution in [0.25, 0.3) is 32.7 Å². The van der Waals surface area contributed by atoms with Crippen LogP contribution in [0.15, 0.2) is 72.8 Å². The highest BCUT2D eigenvalue weighted by atomic mass is 35.5. The minimum Gasteiger partial charge on any atom is -0.298 e. The molecule has 0 bridgehead atoms. The second kappa shape index (κ2) is 5.53. The zero-order chi connectivity index (χ0) is 15.8. The first-order valence-electron chi connectivity index (χ1n) is 7.43. The Morgan fingerprint density at radius 3 is 2.39 bits per heavy atom. The van der Waals surface area contributed by atoms with E-state index in [1.54, 1.807) is 12.1 Å². The zero-order valence-corrected chi connectivity index (χ0v) is 13.0. The summed E-state index contributed by atoms with van der Waals surface area (Å²) in [5.41, 5.74) is 2.54. The van der Waals surface area contributed by atoms with E-state index in [0.29, 0.717) is 10.6 Å². The summed E-state index contributed by atoms with van der Waals surface area (Å²) >= 11 is 6.15. The predicted molar refractivity (Wildman–Crippen MR) is 97.3 cm³/mol. The Morgan fingerprint density at radius 2 is 1.52 bits per heavy atom. The molecule has 23 heavy (non-hydrogen) atoms. The molecule has 0 N–H and O–H groups in total. The van der Waals surface area contributed by atoms with E-state index in [9.17, 15) is 4.79 Å². The third kappa shape index (κ3) is 2.30. The normalized spacial score (nSPS) is 11.0. The van der Waals surface area contributed by atoms with Crippen LogP contribution in [0, 0.1) is 0 Å². The van der Waals surface area contributed by atoms with Gasteiger partial charge in [0, 0.05) is 10.6 Å². The number of fused-ring (bicyclic) bond motifs is 3. The van der Waals surface area contributed by atoms with Crippen molar-refractivity contribution >= 4 is 39.4 Å². The van der Waals surface area contributed by atoms with Crippen LogP contribution in [0.3, 0.4) is 0 Å². The summed E-state index contributed by atoms with van der Waals surface area (Å²) in [5, 5.41) is 5.35. The van der Waals surface area contributed by atoms with Gasteiger partial charge in [-0.25, -0.2) is 0 Å². The lowest BCUT2D eigenvalue weighted by Gasteiger charge is -2.11. The molecule has 0 amide bonds. The van der Waals surface area contributed by atoms with Crippen LogP contribution in [0.4, 0.5) is 0 Å². The maximum Gasteiger partial charge on any atom is 0.150 e. The van der Waals surface area contributed by atoms with E-state index in [4.69, 9.17) is 11.6 Å². The van der Waals surface area contributed by atoms with Crippen LogP contribution < -0.4 is 0 Å². The minimum absolute atomic E-state index is 0.628. The number of rotatable bonds is 2. The van der Waals surface area contributed by atoms with Gasteiger partial charge in [0.05, 0.1) is 0 Å². The SMILES string of the molecule is O=Cc1ccc(Cl)cc1-c1cccc2c1ccc1ccccc12. The molecule has 0 atom stereocenters. The van der Waals surface area contributed by atoms with Gasteiger partial charge in [0.25, 0.3) is 0 Å². The van der Waals surface area contributed by atoms with Crippen LogP contribution in [0.5, 0.6) is 0 Å². The number of hydrogen-bond acceptors (Lipinski definition) is 1. The molecule has 0 aliphatic rings. The van der Waals surface area contributed by atoms with E-state index in [1.165, 1.54) is 16.2 Å². The molecule has 0 unspecified atom stereocenters. The van der Waals surface area contributed by atoms with Gasteiger partial charge in [-0.3, -0.25) is 4.79 Å². The molecule has 0 spiro atoms. The number of benzene rings is 4. The zero-order valence-electron chi connectivity index (χ0n) is 12.3. The second-order valence-electron chi connectivity index (χ2n) is 5.54.